The van der Waals surface area contributed by atoms with E-state index in [9.17, 15) is 0 Å². The van der Waals surface area contributed by atoms with Crippen LogP contribution in [0.1, 0.15) is 51.7 Å². The van der Waals surface area contributed by atoms with Gasteiger partial charge in [0.1, 0.15) is 0 Å². The molecule has 0 amide bonds. The van der Waals surface area contributed by atoms with Crippen LogP contribution in [0.2, 0.25) is 0 Å². The van der Waals surface area contributed by atoms with Crippen LogP contribution in [-0.4, -0.2) is 4.98 Å². The van der Waals surface area contributed by atoms with Gasteiger partial charge in [-0.05, 0) is 30.5 Å². The third-order valence-electron chi connectivity index (χ3n) is 2.68. The van der Waals surface area contributed by atoms with Gasteiger partial charge in [-0.1, -0.05) is 45.7 Å². The molecule has 0 radical (unpaired) electrons. The van der Waals surface area contributed by atoms with Gasteiger partial charge < -0.3 is 0 Å². The van der Waals surface area contributed by atoms with Crippen molar-refractivity contribution < 1.29 is 0 Å². The Morgan fingerprint density at radius 2 is 1.83 bits per heavy atom. The fourth-order valence-corrected chi connectivity index (χ4v) is 1.90. The standard InChI is InChI=1S/C15H15N.C2H6/c1-4-6-12-8-9-13(11(2)3)15-14(12)7-5-10-16-15;1-2/h5,7-11H,1-3H3;1-2H3. The zero-order valence-corrected chi connectivity index (χ0v) is 11.9. The molecule has 0 aliphatic rings. The number of benzene rings is 1. The first-order chi connectivity index (χ1) is 8.74. The van der Waals surface area contributed by atoms with Crippen LogP contribution in [0, 0.1) is 11.8 Å². The van der Waals surface area contributed by atoms with Crippen LogP contribution in [0.5, 0.6) is 0 Å². The summed E-state index contributed by atoms with van der Waals surface area (Å²) in [4.78, 5) is 4.48. The summed E-state index contributed by atoms with van der Waals surface area (Å²) in [7, 11) is 0. The molecular formula is C17H21N. The third-order valence-corrected chi connectivity index (χ3v) is 2.68. The van der Waals surface area contributed by atoms with Gasteiger partial charge in [-0.15, -0.1) is 5.92 Å². The predicted molar refractivity (Wildman–Crippen MR) is 79.7 cm³/mol. The Morgan fingerprint density at radius 1 is 1.11 bits per heavy atom. The lowest BCUT2D eigenvalue weighted by molar-refractivity contribution is 0.872. The summed E-state index contributed by atoms with van der Waals surface area (Å²) < 4.78 is 0. The second kappa shape index (κ2) is 6.81. The first-order valence-corrected chi connectivity index (χ1v) is 6.54. The van der Waals surface area contributed by atoms with E-state index in [0.29, 0.717) is 5.92 Å². The largest absolute Gasteiger partial charge is 0.256 e. The number of hydrogen-bond acceptors (Lipinski definition) is 1. The molecule has 0 aliphatic carbocycles. The minimum atomic E-state index is 0.487. The van der Waals surface area contributed by atoms with Gasteiger partial charge in [0.05, 0.1) is 5.52 Å². The predicted octanol–water partition coefficient (Wildman–Crippen LogP) is 4.76. The molecule has 0 atom stereocenters. The van der Waals surface area contributed by atoms with E-state index in [1.807, 2.05) is 33.0 Å². The highest BCUT2D eigenvalue weighted by molar-refractivity contribution is 5.87. The molecule has 2 aromatic rings. The highest BCUT2D eigenvalue weighted by atomic mass is 14.7. The van der Waals surface area contributed by atoms with Crippen molar-refractivity contribution in [1.29, 1.82) is 0 Å². The van der Waals surface area contributed by atoms with Crippen LogP contribution in [0.15, 0.2) is 30.5 Å². The average Bonchev–Trinajstić information content (AvgIpc) is 2.41. The Hall–Kier alpha value is -1.81. The number of fused-ring (bicyclic) bond motifs is 1. The van der Waals surface area contributed by atoms with Gasteiger partial charge >= 0.3 is 0 Å². The summed E-state index contributed by atoms with van der Waals surface area (Å²) >= 11 is 0. The molecule has 18 heavy (non-hydrogen) atoms. The Bertz CT molecular complexity index is 571. The van der Waals surface area contributed by atoms with Crippen molar-refractivity contribution in [3.05, 3.63) is 41.6 Å². The van der Waals surface area contributed by atoms with Gasteiger partial charge in [-0.25, -0.2) is 0 Å². The highest BCUT2D eigenvalue weighted by Gasteiger charge is 2.08. The maximum Gasteiger partial charge on any atom is 0.0749 e. The second-order valence-corrected chi connectivity index (χ2v) is 4.13. The number of aromatic nitrogens is 1. The molecule has 0 fully saturated rings. The number of pyridine rings is 1. The lowest BCUT2D eigenvalue weighted by atomic mass is 9.97. The van der Waals surface area contributed by atoms with Crippen molar-refractivity contribution in [2.45, 2.75) is 40.5 Å². The molecule has 0 saturated heterocycles. The van der Waals surface area contributed by atoms with Crippen molar-refractivity contribution in [1.82, 2.24) is 4.98 Å². The van der Waals surface area contributed by atoms with E-state index >= 15 is 0 Å². The molecule has 1 heterocycles. The van der Waals surface area contributed by atoms with E-state index in [0.717, 1.165) is 16.5 Å². The van der Waals surface area contributed by atoms with E-state index in [-0.39, 0.29) is 0 Å². The zero-order valence-electron chi connectivity index (χ0n) is 11.9. The van der Waals surface area contributed by atoms with Crippen LogP contribution >= 0.6 is 0 Å². The molecule has 0 saturated carbocycles. The number of rotatable bonds is 1. The summed E-state index contributed by atoms with van der Waals surface area (Å²) in [6.07, 6.45) is 1.84. The average molecular weight is 239 g/mol. The van der Waals surface area contributed by atoms with Crippen molar-refractivity contribution >= 4 is 10.9 Å². The topological polar surface area (TPSA) is 12.9 Å². The fraction of sp³-hybridized carbons (Fsp3) is 0.353. The molecule has 94 valence electrons. The maximum atomic E-state index is 4.48. The van der Waals surface area contributed by atoms with Gasteiger partial charge in [0, 0.05) is 17.1 Å². The van der Waals surface area contributed by atoms with Gasteiger partial charge in [0.25, 0.3) is 0 Å². The maximum absolute atomic E-state index is 4.48. The Morgan fingerprint density at radius 3 is 2.44 bits per heavy atom. The molecule has 1 aromatic carbocycles. The second-order valence-electron chi connectivity index (χ2n) is 4.13. The number of hydrogen-bond donors (Lipinski definition) is 0. The molecule has 1 nitrogen and oxygen atoms in total. The summed E-state index contributed by atoms with van der Waals surface area (Å²) in [5.74, 6) is 6.56. The Balaban J connectivity index is 0.000000771. The fourth-order valence-electron chi connectivity index (χ4n) is 1.90. The van der Waals surface area contributed by atoms with Crippen LogP contribution < -0.4 is 0 Å². The van der Waals surface area contributed by atoms with E-state index in [4.69, 9.17) is 0 Å². The zero-order chi connectivity index (χ0) is 13.5. The first kappa shape index (κ1) is 14.3. The molecule has 0 bridgehead atoms. The summed E-state index contributed by atoms with van der Waals surface area (Å²) in [6, 6.07) is 8.29. The molecular weight excluding hydrogens is 218 g/mol. The molecule has 2 rings (SSSR count). The van der Waals surface area contributed by atoms with Crippen molar-refractivity contribution in [3.63, 3.8) is 0 Å². The highest BCUT2D eigenvalue weighted by Crippen LogP contribution is 2.25. The molecule has 0 spiro atoms. The summed E-state index contributed by atoms with van der Waals surface area (Å²) in [5, 5.41) is 1.16. The summed E-state index contributed by atoms with van der Waals surface area (Å²) in [6.45, 7) is 10.2. The quantitative estimate of drug-likeness (QED) is 0.654. The van der Waals surface area contributed by atoms with E-state index in [1.54, 1.807) is 0 Å². The van der Waals surface area contributed by atoms with Crippen molar-refractivity contribution in [3.8, 4) is 11.8 Å². The van der Waals surface area contributed by atoms with Crippen LogP contribution in [0.3, 0.4) is 0 Å². The lowest BCUT2D eigenvalue weighted by Crippen LogP contribution is -1.93. The normalized spacial score (nSPS) is 9.44. The Kier molecular flexibility index (Phi) is 5.39. The lowest BCUT2D eigenvalue weighted by Gasteiger charge is -2.10. The molecule has 0 N–H and O–H groups in total. The first-order valence-electron chi connectivity index (χ1n) is 6.54. The van der Waals surface area contributed by atoms with Crippen molar-refractivity contribution in [2.24, 2.45) is 0 Å². The van der Waals surface area contributed by atoms with E-state index < -0.39 is 0 Å². The Labute approximate surface area is 110 Å². The van der Waals surface area contributed by atoms with E-state index in [2.05, 4.69) is 48.9 Å². The minimum absolute atomic E-state index is 0.487. The SMILES string of the molecule is CC.CC#Cc1ccc(C(C)C)c2ncccc12. The molecule has 0 unspecified atom stereocenters. The summed E-state index contributed by atoms with van der Waals surface area (Å²) in [5.41, 5.74) is 3.44. The van der Waals surface area contributed by atoms with Gasteiger partial charge in [-0.2, -0.15) is 0 Å². The van der Waals surface area contributed by atoms with Crippen LogP contribution in [-0.2, 0) is 0 Å². The molecule has 1 aromatic heterocycles. The number of nitrogens with zero attached hydrogens (tertiary/aromatic N) is 1. The van der Waals surface area contributed by atoms with Gasteiger partial charge in [0.15, 0.2) is 0 Å². The monoisotopic (exact) mass is 239 g/mol. The minimum Gasteiger partial charge on any atom is -0.256 e. The van der Waals surface area contributed by atoms with Crippen LogP contribution in [0.25, 0.3) is 10.9 Å². The van der Waals surface area contributed by atoms with E-state index in [1.165, 1.54) is 5.56 Å². The van der Waals surface area contributed by atoms with Crippen LogP contribution in [0.4, 0.5) is 0 Å². The smallest absolute Gasteiger partial charge is 0.0749 e. The molecule has 1 heteroatoms. The van der Waals surface area contributed by atoms with Gasteiger partial charge in [-0.3, -0.25) is 4.98 Å². The van der Waals surface area contributed by atoms with Crippen molar-refractivity contribution in [2.75, 3.05) is 0 Å². The molecule has 0 aliphatic heterocycles. The van der Waals surface area contributed by atoms with Gasteiger partial charge in [0.2, 0.25) is 0 Å². The third kappa shape index (κ3) is 2.90.